The number of carbonyl (C=O) groups is 2. The van der Waals surface area contributed by atoms with Gasteiger partial charge in [0.1, 0.15) is 0 Å². The Bertz CT molecular complexity index is 567. The predicted molar refractivity (Wildman–Crippen MR) is 79.5 cm³/mol. The third kappa shape index (κ3) is 3.35. The SMILES string of the molecule is O=C(O)CC(NC(=O)c1ccc2c(c1)CCCN2)C1CC1. The Labute approximate surface area is 123 Å². The number of fused-ring (bicyclic) bond motifs is 1. The van der Waals surface area contributed by atoms with Crippen molar-refractivity contribution in [3.8, 4) is 0 Å². The van der Waals surface area contributed by atoms with Crippen molar-refractivity contribution in [3.05, 3.63) is 29.3 Å². The van der Waals surface area contributed by atoms with Crippen molar-refractivity contribution < 1.29 is 14.7 Å². The Morgan fingerprint density at radius 3 is 2.90 bits per heavy atom. The van der Waals surface area contributed by atoms with Crippen molar-refractivity contribution in [3.63, 3.8) is 0 Å². The summed E-state index contributed by atoms with van der Waals surface area (Å²) in [4.78, 5) is 23.2. The van der Waals surface area contributed by atoms with Crippen LogP contribution in [-0.2, 0) is 11.2 Å². The number of carbonyl (C=O) groups excluding carboxylic acids is 1. The minimum absolute atomic E-state index is 0.00288. The first-order valence-electron chi connectivity index (χ1n) is 7.53. The minimum atomic E-state index is -0.859. The van der Waals surface area contributed by atoms with Crippen LogP contribution in [0.4, 0.5) is 5.69 Å². The summed E-state index contributed by atoms with van der Waals surface area (Å²) in [7, 11) is 0. The number of carboxylic acid groups (broad SMARTS) is 1. The zero-order chi connectivity index (χ0) is 14.8. The number of anilines is 1. The second-order valence-corrected chi connectivity index (χ2v) is 5.92. The molecule has 112 valence electrons. The molecule has 5 nitrogen and oxygen atoms in total. The summed E-state index contributed by atoms with van der Waals surface area (Å²) >= 11 is 0. The van der Waals surface area contributed by atoms with Gasteiger partial charge in [0.05, 0.1) is 6.42 Å². The van der Waals surface area contributed by atoms with Crippen LogP contribution in [0, 0.1) is 5.92 Å². The molecule has 2 aliphatic rings. The van der Waals surface area contributed by atoms with Gasteiger partial charge in [-0.15, -0.1) is 0 Å². The van der Waals surface area contributed by atoms with Gasteiger partial charge in [0.2, 0.25) is 0 Å². The summed E-state index contributed by atoms with van der Waals surface area (Å²) in [5.74, 6) is -0.701. The highest BCUT2D eigenvalue weighted by molar-refractivity contribution is 5.95. The molecule has 3 rings (SSSR count). The van der Waals surface area contributed by atoms with Gasteiger partial charge in [0.25, 0.3) is 5.91 Å². The van der Waals surface area contributed by atoms with E-state index in [9.17, 15) is 9.59 Å². The van der Waals surface area contributed by atoms with Crippen LogP contribution in [0.5, 0.6) is 0 Å². The van der Waals surface area contributed by atoms with Crippen molar-refractivity contribution in [1.82, 2.24) is 5.32 Å². The Morgan fingerprint density at radius 2 is 2.19 bits per heavy atom. The lowest BCUT2D eigenvalue weighted by molar-refractivity contribution is -0.137. The molecular formula is C16H20N2O3. The molecule has 0 aromatic heterocycles. The molecule has 1 saturated carbocycles. The number of hydrogen-bond acceptors (Lipinski definition) is 3. The maximum atomic E-state index is 12.3. The quantitative estimate of drug-likeness (QED) is 0.774. The number of carboxylic acids is 1. The number of hydrogen-bond donors (Lipinski definition) is 3. The van der Waals surface area contributed by atoms with E-state index in [2.05, 4.69) is 10.6 Å². The third-order valence-corrected chi connectivity index (χ3v) is 4.21. The molecule has 1 aromatic carbocycles. The first-order chi connectivity index (χ1) is 10.1. The van der Waals surface area contributed by atoms with E-state index in [1.165, 1.54) is 0 Å². The van der Waals surface area contributed by atoms with Gasteiger partial charge in [-0.2, -0.15) is 0 Å². The van der Waals surface area contributed by atoms with E-state index in [1.807, 2.05) is 12.1 Å². The number of rotatable bonds is 5. The summed E-state index contributed by atoms with van der Waals surface area (Å²) in [5.41, 5.74) is 2.88. The molecule has 1 aliphatic carbocycles. The average Bonchev–Trinajstić information content (AvgIpc) is 3.30. The van der Waals surface area contributed by atoms with Gasteiger partial charge in [-0.1, -0.05) is 0 Å². The average molecular weight is 288 g/mol. The van der Waals surface area contributed by atoms with E-state index < -0.39 is 5.97 Å². The molecule has 3 N–H and O–H groups in total. The van der Waals surface area contributed by atoms with E-state index in [4.69, 9.17) is 5.11 Å². The highest BCUT2D eigenvalue weighted by Crippen LogP contribution is 2.34. The molecule has 1 fully saturated rings. The van der Waals surface area contributed by atoms with E-state index >= 15 is 0 Å². The summed E-state index contributed by atoms with van der Waals surface area (Å²) in [6.07, 6.45) is 4.06. The van der Waals surface area contributed by atoms with Crippen LogP contribution in [-0.4, -0.2) is 29.6 Å². The van der Waals surface area contributed by atoms with E-state index in [0.717, 1.165) is 43.5 Å². The van der Waals surface area contributed by atoms with E-state index in [0.29, 0.717) is 11.5 Å². The van der Waals surface area contributed by atoms with E-state index in [-0.39, 0.29) is 18.4 Å². The smallest absolute Gasteiger partial charge is 0.305 e. The summed E-state index contributed by atoms with van der Waals surface area (Å²) in [6, 6.07) is 5.41. The minimum Gasteiger partial charge on any atom is -0.481 e. The van der Waals surface area contributed by atoms with Gasteiger partial charge in [-0.25, -0.2) is 0 Å². The molecular weight excluding hydrogens is 268 g/mol. The maximum Gasteiger partial charge on any atom is 0.305 e. The van der Waals surface area contributed by atoms with Crippen molar-refractivity contribution >= 4 is 17.6 Å². The van der Waals surface area contributed by atoms with Crippen molar-refractivity contribution in [2.45, 2.75) is 38.1 Å². The molecule has 0 radical (unpaired) electrons. The lowest BCUT2D eigenvalue weighted by Crippen LogP contribution is -2.38. The Balaban J connectivity index is 1.70. The van der Waals surface area contributed by atoms with Crippen LogP contribution in [0.2, 0.25) is 0 Å². The first-order valence-corrected chi connectivity index (χ1v) is 7.53. The highest BCUT2D eigenvalue weighted by atomic mass is 16.4. The molecule has 1 atom stereocenters. The van der Waals surface area contributed by atoms with Gasteiger partial charge in [-0.3, -0.25) is 9.59 Å². The third-order valence-electron chi connectivity index (χ3n) is 4.21. The molecule has 0 saturated heterocycles. The van der Waals surface area contributed by atoms with Crippen molar-refractivity contribution in [2.24, 2.45) is 5.92 Å². The monoisotopic (exact) mass is 288 g/mol. The fraction of sp³-hybridized carbons (Fsp3) is 0.500. The van der Waals surface area contributed by atoms with Crippen LogP contribution in [0.25, 0.3) is 0 Å². The highest BCUT2D eigenvalue weighted by Gasteiger charge is 2.33. The van der Waals surface area contributed by atoms with Crippen LogP contribution < -0.4 is 10.6 Å². The number of aryl methyl sites for hydroxylation is 1. The lowest BCUT2D eigenvalue weighted by atomic mass is 10.00. The normalized spacial score (nSPS) is 18.3. The Hall–Kier alpha value is -2.04. The Morgan fingerprint density at radius 1 is 1.38 bits per heavy atom. The van der Waals surface area contributed by atoms with Crippen LogP contribution in [0.3, 0.4) is 0 Å². The summed E-state index contributed by atoms with van der Waals surface area (Å²) in [5, 5.41) is 15.2. The standard InChI is InChI=1S/C16H20N2O3/c19-15(20)9-14(10-3-4-10)18-16(21)12-5-6-13-11(8-12)2-1-7-17-13/h5-6,8,10,14,17H,1-4,7,9H2,(H,18,21)(H,19,20). The van der Waals surface area contributed by atoms with Gasteiger partial charge in [0.15, 0.2) is 0 Å². The van der Waals surface area contributed by atoms with Crippen LogP contribution in [0.1, 0.15) is 41.6 Å². The molecule has 0 spiro atoms. The largest absolute Gasteiger partial charge is 0.481 e. The number of amides is 1. The molecule has 1 aromatic rings. The fourth-order valence-electron chi connectivity index (χ4n) is 2.89. The summed E-state index contributed by atoms with van der Waals surface area (Å²) in [6.45, 7) is 0.973. The number of aliphatic carboxylic acids is 1. The molecule has 1 aliphatic heterocycles. The molecule has 0 bridgehead atoms. The molecule has 1 amide bonds. The zero-order valence-electron chi connectivity index (χ0n) is 11.9. The maximum absolute atomic E-state index is 12.3. The van der Waals surface area contributed by atoms with Gasteiger partial charge < -0.3 is 15.7 Å². The predicted octanol–water partition coefficient (Wildman–Crippen LogP) is 2.03. The van der Waals surface area contributed by atoms with Crippen molar-refractivity contribution in [2.75, 3.05) is 11.9 Å². The summed E-state index contributed by atoms with van der Waals surface area (Å²) < 4.78 is 0. The second-order valence-electron chi connectivity index (χ2n) is 5.92. The topological polar surface area (TPSA) is 78.4 Å². The Kier molecular flexibility index (Phi) is 3.82. The fourth-order valence-corrected chi connectivity index (χ4v) is 2.89. The van der Waals surface area contributed by atoms with Gasteiger partial charge in [-0.05, 0) is 55.4 Å². The van der Waals surface area contributed by atoms with E-state index in [1.54, 1.807) is 6.07 Å². The van der Waals surface area contributed by atoms with Crippen molar-refractivity contribution in [1.29, 1.82) is 0 Å². The van der Waals surface area contributed by atoms with Crippen LogP contribution >= 0.6 is 0 Å². The van der Waals surface area contributed by atoms with Gasteiger partial charge >= 0.3 is 5.97 Å². The van der Waals surface area contributed by atoms with Gasteiger partial charge in [0, 0.05) is 23.8 Å². The second kappa shape index (κ2) is 5.76. The van der Waals surface area contributed by atoms with Crippen LogP contribution in [0.15, 0.2) is 18.2 Å². The zero-order valence-corrected chi connectivity index (χ0v) is 11.9. The molecule has 1 heterocycles. The lowest BCUT2D eigenvalue weighted by Gasteiger charge is -2.20. The number of nitrogens with one attached hydrogen (secondary N) is 2. The first kappa shape index (κ1) is 13.9. The molecule has 5 heteroatoms. The number of benzene rings is 1. The molecule has 21 heavy (non-hydrogen) atoms. The molecule has 1 unspecified atom stereocenters.